The van der Waals surface area contributed by atoms with E-state index in [0.717, 1.165) is 19.4 Å². The number of nitrogens with one attached hydrogen (secondary N) is 2. The predicted octanol–water partition coefficient (Wildman–Crippen LogP) is 2.55. The summed E-state index contributed by atoms with van der Waals surface area (Å²) in [6.45, 7) is 1.24. The van der Waals surface area contributed by atoms with Crippen molar-refractivity contribution in [1.29, 1.82) is 0 Å². The number of hydrogen-bond acceptors (Lipinski definition) is 3. The van der Waals surface area contributed by atoms with Gasteiger partial charge in [-0.1, -0.05) is 23.2 Å². The summed E-state index contributed by atoms with van der Waals surface area (Å²) in [5, 5.41) is 2.59. The third kappa shape index (κ3) is 3.62. The van der Waals surface area contributed by atoms with Crippen LogP contribution in [0.3, 0.4) is 0 Å². The number of halogens is 3. The molecule has 1 aromatic rings. The van der Waals surface area contributed by atoms with Crippen LogP contribution in [-0.4, -0.2) is 27.5 Å². The highest BCUT2D eigenvalue weighted by Crippen LogP contribution is 2.29. The van der Waals surface area contributed by atoms with Gasteiger partial charge in [-0.2, -0.15) is 0 Å². The van der Waals surface area contributed by atoms with E-state index in [-0.39, 0.29) is 16.5 Å². The minimum atomic E-state index is -3.83. The fourth-order valence-corrected chi connectivity index (χ4v) is 3.95. The standard InChI is InChI=1S/C12H15Cl2FN2O2S/c13-9-3-4-10(11(14)12(9)15)20(18,19)17-7-5-8-2-1-6-16-8/h3-4,8,16-17H,1-2,5-7H2. The fraction of sp³-hybridized carbons (Fsp3) is 0.500. The molecule has 0 spiro atoms. The third-order valence-electron chi connectivity index (χ3n) is 3.24. The second kappa shape index (κ2) is 6.58. The van der Waals surface area contributed by atoms with Crippen molar-refractivity contribution < 1.29 is 12.8 Å². The molecule has 1 aliphatic rings. The Morgan fingerprint density at radius 3 is 2.80 bits per heavy atom. The van der Waals surface area contributed by atoms with Gasteiger partial charge < -0.3 is 5.32 Å². The molecule has 4 nitrogen and oxygen atoms in total. The predicted molar refractivity (Wildman–Crippen MR) is 77.3 cm³/mol. The van der Waals surface area contributed by atoms with Crippen LogP contribution in [0.25, 0.3) is 0 Å². The molecule has 0 aliphatic carbocycles. The van der Waals surface area contributed by atoms with Gasteiger partial charge in [0, 0.05) is 12.6 Å². The lowest BCUT2D eigenvalue weighted by molar-refractivity contribution is 0.539. The summed E-state index contributed by atoms with van der Waals surface area (Å²) in [6.07, 6.45) is 2.83. The Balaban J connectivity index is 2.04. The highest BCUT2D eigenvalue weighted by atomic mass is 35.5. The average Bonchev–Trinajstić information content (AvgIpc) is 2.88. The number of hydrogen-bond donors (Lipinski definition) is 2. The van der Waals surface area contributed by atoms with Crippen molar-refractivity contribution in [2.75, 3.05) is 13.1 Å². The Bertz CT molecular complexity index is 589. The second-order valence-corrected chi connectivity index (χ2v) is 7.17. The molecule has 1 fully saturated rings. The minimum Gasteiger partial charge on any atom is -0.314 e. The van der Waals surface area contributed by atoms with Crippen molar-refractivity contribution in [3.63, 3.8) is 0 Å². The lowest BCUT2D eigenvalue weighted by Gasteiger charge is -2.12. The zero-order chi connectivity index (χ0) is 14.8. The largest absolute Gasteiger partial charge is 0.314 e. The first-order valence-corrected chi connectivity index (χ1v) is 8.52. The first-order chi connectivity index (χ1) is 9.42. The fourth-order valence-electron chi connectivity index (χ4n) is 2.16. The molecule has 112 valence electrons. The van der Waals surface area contributed by atoms with Gasteiger partial charge in [0.25, 0.3) is 0 Å². The Morgan fingerprint density at radius 1 is 1.40 bits per heavy atom. The summed E-state index contributed by atoms with van der Waals surface area (Å²) in [7, 11) is -3.83. The van der Waals surface area contributed by atoms with Crippen LogP contribution in [0.1, 0.15) is 19.3 Å². The van der Waals surface area contributed by atoms with E-state index < -0.39 is 20.9 Å². The number of sulfonamides is 1. The molecule has 2 N–H and O–H groups in total. The molecule has 1 atom stereocenters. The molecule has 1 aromatic carbocycles. The smallest absolute Gasteiger partial charge is 0.242 e. The van der Waals surface area contributed by atoms with Gasteiger partial charge in [-0.15, -0.1) is 0 Å². The molecular weight excluding hydrogens is 326 g/mol. The molecular formula is C12H15Cl2FN2O2S. The first-order valence-electron chi connectivity index (χ1n) is 6.28. The van der Waals surface area contributed by atoms with Gasteiger partial charge in [0.05, 0.1) is 10.0 Å². The molecule has 1 unspecified atom stereocenters. The van der Waals surface area contributed by atoms with Crippen LogP contribution in [0.15, 0.2) is 17.0 Å². The summed E-state index contributed by atoms with van der Waals surface area (Å²) < 4.78 is 40.1. The Kier molecular flexibility index (Phi) is 5.25. The maximum absolute atomic E-state index is 13.5. The van der Waals surface area contributed by atoms with Crippen molar-refractivity contribution in [1.82, 2.24) is 10.0 Å². The molecule has 1 heterocycles. The van der Waals surface area contributed by atoms with Crippen LogP contribution in [-0.2, 0) is 10.0 Å². The van der Waals surface area contributed by atoms with E-state index >= 15 is 0 Å². The molecule has 8 heteroatoms. The third-order valence-corrected chi connectivity index (χ3v) is 5.51. The van der Waals surface area contributed by atoms with E-state index in [1.165, 1.54) is 12.1 Å². The van der Waals surface area contributed by atoms with Crippen molar-refractivity contribution in [3.8, 4) is 0 Å². The van der Waals surface area contributed by atoms with E-state index in [1.807, 2.05) is 0 Å². The topological polar surface area (TPSA) is 58.2 Å². The van der Waals surface area contributed by atoms with Gasteiger partial charge in [0.2, 0.25) is 10.0 Å². The highest BCUT2D eigenvalue weighted by molar-refractivity contribution is 7.89. The van der Waals surface area contributed by atoms with Crippen LogP contribution in [0.5, 0.6) is 0 Å². The van der Waals surface area contributed by atoms with Crippen LogP contribution >= 0.6 is 23.2 Å². The van der Waals surface area contributed by atoms with Gasteiger partial charge in [-0.25, -0.2) is 17.5 Å². The van der Waals surface area contributed by atoms with E-state index in [0.29, 0.717) is 12.5 Å². The van der Waals surface area contributed by atoms with Crippen molar-refractivity contribution >= 4 is 33.2 Å². The second-order valence-electron chi connectivity index (χ2n) is 4.65. The molecule has 1 aliphatic heterocycles. The van der Waals surface area contributed by atoms with Crippen LogP contribution in [0.4, 0.5) is 4.39 Å². The quantitative estimate of drug-likeness (QED) is 0.810. The SMILES string of the molecule is O=S(=O)(NCCC1CCCN1)c1ccc(Cl)c(F)c1Cl. The monoisotopic (exact) mass is 340 g/mol. The summed E-state index contributed by atoms with van der Waals surface area (Å²) in [6, 6.07) is 2.70. The van der Waals surface area contributed by atoms with E-state index in [4.69, 9.17) is 23.2 Å². The van der Waals surface area contributed by atoms with Gasteiger partial charge in [0.1, 0.15) is 4.90 Å². The van der Waals surface area contributed by atoms with Crippen molar-refractivity contribution in [2.24, 2.45) is 0 Å². The van der Waals surface area contributed by atoms with Gasteiger partial charge in [-0.05, 0) is 37.9 Å². The zero-order valence-electron chi connectivity index (χ0n) is 10.6. The van der Waals surface area contributed by atoms with Crippen molar-refractivity contribution in [3.05, 3.63) is 28.0 Å². The normalized spacial score (nSPS) is 19.4. The Morgan fingerprint density at radius 2 is 2.15 bits per heavy atom. The van der Waals surface area contributed by atoms with E-state index in [1.54, 1.807) is 0 Å². The molecule has 0 radical (unpaired) electrons. The molecule has 1 saturated heterocycles. The Hall–Kier alpha value is -0.400. The van der Waals surface area contributed by atoms with E-state index in [9.17, 15) is 12.8 Å². The lowest BCUT2D eigenvalue weighted by atomic mass is 10.2. The summed E-state index contributed by atoms with van der Waals surface area (Å²) in [5.41, 5.74) is 0. The summed E-state index contributed by atoms with van der Waals surface area (Å²) in [5.74, 6) is -0.923. The molecule has 0 amide bonds. The van der Waals surface area contributed by atoms with Crippen LogP contribution < -0.4 is 10.0 Å². The Labute approximate surface area is 127 Å². The minimum absolute atomic E-state index is 0.205. The summed E-state index contributed by atoms with van der Waals surface area (Å²) >= 11 is 11.2. The first kappa shape index (κ1) is 16.0. The van der Waals surface area contributed by atoms with Crippen molar-refractivity contribution in [2.45, 2.75) is 30.2 Å². The molecule has 20 heavy (non-hydrogen) atoms. The molecule has 2 rings (SSSR count). The highest BCUT2D eigenvalue weighted by Gasteiger charge is 2.22. The van der Waals surface area contributed by atoms with Crippen LogP contribution in [0, 0.1) is 5.82 Å². The number of rotatable bonds is 5. The van der Waals surface area contributed by atoms with E-state index in [2.05, 4.69) is 10.0 Å². The maximum atomic E-state index is 13.5. The summed E-state index contributed by atoms with van der Waals surface area (Å²) in [4.78, 5) is -0.291. The lowest BCUT2D eigenvalue weighted by Crippen LogP contribution is -2.30. The zero-order valence-corrected chi connectivity index (χ0v) is 13.0. The van der Waals surface area contributed by atoms with Gasteiger partial charge >= 0.3 is 0 Å². The maximum Gasteiger partial charge on any atom is 0.242 e. The van der Waals surface area contributed by atoms with Gasteiger partial charge in [0.15, 0.2) is 5.82 Å². The van der Waals surface area contributed by atoms with Crippen LogP contribution in [0.2, 0.25) is 10.0 Å². The average molecular weight is 341 g/mol. The molecule has 0 aromatic heterocycles. The molecule has 0 bridgehead atoms. The van der Waals surface area contributed by atoms with Gasteiger partial charge in [-0.3, -0.25) is 0 Å². The molecule has 0 saturated carbocycles. The number of benzene rings is 1.